The first kappa shape index (κ1) is 17.0. The Balaban J connectivity index is 2.46. The molecule has 0 spiro atoms. The first-order valence-electron chi connectivity index (χ1n) is 6.51. The molecule has 0 saturated heterocycles. The van der Waals surface area contributed by atoms with Crippen LogP contribution in [-0.2, 0) is 6.54 Å². The third kappa shape index (κ3) is 5.16. The van der Waals surface area contributed by atoms with Crippen LogP contribution in [0.2, 0.25) is 0 Å². The second kappa shape index (κ2) is 8.31. The molecule has 6 nitrogen and oxygen atoms in total. The first-order valence-corrected chi connectivity index (χ1v) is 6.51. The summed E-state index contributed by atoms with van der Waals surface area (Å²) in [5.41, 5.74) is 1.06. The minimum Gasteiger partial charge on any atom is -0.394 e. The van der Waals surface area contributed by atoms with E-state index in [0.29, 0.717) is 6.54 Å². The molecule has 0 heterocycles. The summed E-state index contributed by atoms with van der Waals surface area (Å²) >= 11 is 0. The number of aliphatic hydroxyl groups excluding tert-OH is 5. The molecule has 0 fully saturated rings. The molecular weight excluding hydrogens is 262 g/mol. The van der Waals surface area contributed by atoms with Gasteiger partial charge in [0.15, 0.2) is 0 Å². The molecule has 0 saturated carbocycles. The lowest BCUT2D eigenvalue weighted by atomic mass is 10.0. The largest absolute Gasteiger partial charge is 0.394 e. The molecule has 0 aromatic heterocycles. The predicted molar refractivity (Wildman–Crippen MR) is 73.9 cm³/mol. The predicted octanol–water partition coefficient (Wildman–Crippen LogP) is -1.45. The summed E-state index contributed by atoms with van der Waals surface area (Å²) in [5.74, 6) is 0. The molecule has 4 unspecified atom stereocenters. The van der Waals surface area contributed by atoms with Crippen molar-refractivity contribution in [3.8, 4) is 0 Å². The van der Waals surface area contributed by atoms with Gasteiger partial charge < -0.3 is 25.5 Å². The van der Waals surface area contributed by atoms with Gasteiger partial charge in [-0.25, -0.2) is 0 Å². The number of hydrogen-bond acceptors (Lipinski definition) is 6. The number of benzene rings is 1. The summed E-state index contributed by atoms with van der Waals surface area (Å²) in [6, 6.07) is 9.63. The average Bonchev–Trinajstić information content (AvgIpc) is 2.45. The maximum atomic E-state index is 9.84. The molecule has 1 aromatic carbocycles. The molecule has 20 heavy (non-hydrogen) atoms. The fourth-order valence-corrected chi connectivity index (χ4v) is 1.95. The van der Waals surface area contributed by atoms with Gasteiger partial charge in [-0.05, 0) is 12.6 Å². The summed E-state index contributed by atoms with van der Waals surface area (Å²) in [4.78, 5) is 1.79. The molecule has 0 amide bonds. The van der Waals surface area contributed by atoms with Crippen molar-refractivity contribution in [3.05, 3.63) is 35.9 Å². The highest BCUT2D eigenvalue weighted by Gasteiger charge is 2.30. The second-order valence-corrected chi connectivity index (χ2v) is 4.98. The Kier molecular flexibility index (Phi) is 7.08. The van der Waals surface area contributed by atoms with Crippen molar-refractivity contribution in [3.63, 3.8) is 0 Å². The maximum absolute atomic E-state index is 9.84. The van der Waals surface area contributed by atoms with Gasteiger partial charge in [0.2, 0.25) is 0 Å². The molecule has 5 N–H and O–H groups in total. The van der Waals surface area contributed by atoms with Gasteiger partial charge in [-0.1, -0.05) is 30.3 Å². The molecule has 0 bridgehead atoms. The minimum absolute atomic E-state index is 0.130. The highest BCUT2D eigenvalue weighted by atomic mass is 16.4. The summed E-state index contributed by atoms with van der Waals surface area (Å²) in [5, 5.41) is 47.0. The quantitative estimate of drug-likeness (QED) is 0.400. The molecule has 1 aromatic rings. The van der Waals surface area contributed by atoms with E-state index in [0.717, 1.165) is 5.56 Å². The zero-order chi connectivity index (χ0) is 15.1. The molecule has 1 rings (SSSR count). The van der Waals surface area contributed by atoms with Crippen LogP contribution in [0.3, 0.4) is 0 Å². The van der Waals surface area contributed by atoms with E-state index in [9.17, 15) is 20.4 Å². The average molecular weight is 285 g/mol. The van der Waals surface area contributed by atoms with Crippen molar-refractivity contribution < 1.29 is 25.5 Å². The molecule has 114 valence electrons. The number of rotatable bonds is 8. The lowest BCUT2D eigenvalue weighted by molar-refractivity contribution is -0.118. The lowest BCUT2D eigenvalue weighted by Gasteiger charge is -2.28. The van der Waals surface area contributed by atoms with Crippen molar-refractivity contribution in [2.45, 2.75) is 31.0 Å². The fraction of sp³-hybridized carbons (Fsp3) is 0.571. The van der Waals surface area contributed by atoms with E-state index in [-0.39, 0.29) is 6.54 Å². The normalized spacial score (nSPS) is 17.8. The zero-order valence-corrected chi connectivity index (χ0v) is 11.5. The van der Waals surface area contributed by atoms with Gasteiger partial charge in [0.25, 0.3) is 0 Å². The van der Waals surface area contributed by atoms with Crippen molar-refractivity contribution in [1.82, 2.24) is 4.90 Å². The van der Waals surface area contributed by atoms with Crippen molar-refractivity contribution in [1.29, 1.82) is 0 Å². The van der Waals surface area contributed by atoms with Crippen molar-refractivity contribution >= 4 is 0 Å². The Bertz CT molecular complexity index is 375. The van der Waals surface area contributed by atoms with Gasteiger partial charge in [0.1, 0.15) is 18.3 Å². The van der Waals surface area contributed by atoms with Gasteiger partial charge in [-0.3, -0.25) is 4.90 Å². The summed E-state index contributed by atoms with van der Waals surface area (Å²) in [7, 11) is 1.78. The standard InChI is InChI=1S/C14H23NO5/c1-15(7-10-5-3-2-4-6-10)8-11(17)13(19)14(20)12(18)9-16/h2-6,11-14,16-20H,7-9H2,1H3. The third-order valence-corrected chi connectivity index (χ3v) is 3.12. The third-order valence-electron chi connectivity index (χ3n) is 3.12. The van der Waals surface area contributed by atoms with Crippen LogP contribution in [0.4, 0.5) is 0 Å². The van der Waals surface area contributed by atoms with Gasteiger partial charge in [0, 0.05) is 13.1 Å². The Morgan fingerprint density at radius 1 is 0.950 bits per heavy atom. The lowest BCUT2D eigenvalue weighted by Crippen LogP contribution is -2.49. The second-order valence-electron chi connectivity index (χ2n) is 4.98. The van der Waals surface area contributed by atoms with E-state index in [1.54, 1.807) is 11.9 Å². The van der Waals surface area contributed by atoms with E-state index in [1.165, 1.54) is 0 Å². The van der Waals surface area contributed by atoms with E-state index in [4.69, 9.17) is 5.11 Å². The number of hydrogen-bond donors (Lipinski definition) is 5. The summed E-state index contributed by atoms with van der Waals surface area (Å²) in [6.45, 7) is 0.0410. The van der Waals surface area contributed by atoms with Crippen LogP contribution in [0.5, 0.6) is 0 Å². The van der Waals surface area contributed by atoms with Crippen LogP contribution in [0, 0.1) is 0 Å². The van der Waals surface area contributed by atoms with E-state index >= 15 is 0 Å². The topological polar surface area (TPSA) is 104 Å². The summed E-state index contributed by atoms with van der Waals surface area (Å²) < 4.78 is 0. The van der Waals surface area contributed by atoms with Crippen LogP contribution in [0.1, 0.15) is 5.56 Å². The zero-order valence-electron chi connectivity index (χ0n) is 11.5. The maximum Gasteiger partial charge on any atom is 0.111 e. The van der Waals surface area contributed by atoms with E-state index in [2.05, 4.69) is 0 Å². The molecular formula is C14H23NO5. The minimum atomic E-state index is -1.58. The number of aliphatic hydroxyl groups is 5. The molecule has 0 aliphatic carbocycles. The van der Waals surface area contributed by atoms with Crippen molar-refractivity contribution in [2.75, 3.05) is 20.2 Å². The van der Waals surface area contributed by atoms with Crippen LogP contribution in [0.15, 0.2) is 30.3 Å². The molecule has 0 aliphatic rings. The smallest absolute Gasteiger partial charge is 0.111 e. The summed E-state index contributed by atoms with van der Waals surface area (Å²) in [6.07, 6.45) is -5.80. The highest BCUT2D eigenvalue weighted by molar-refractivity contribution is 5.14. The van der Waals surface area contributed by atoms with Crippen LogP contribution < -0.4 is 0 Å². The van der Waals surface area contributed by atoms with Crippen LogP contribution in [-0.4, -0.2) is 75.0 Å². The Morgan fingerprint density at radius 2 is 1.50 bits per heavy atom. The van der Waals surface area contributed by atoms with E-state index in [1.807, 2.05) is 30.3 Å². The Hall–Kier alpha value is -1.02. The number of likely N-dealkylation sites (N-methyl/N-ethyl adjacent to an activating group) is 1. The highest BCUT2D eigenvalue weighted by Crippen LogP contribution is 2.08. The fourth-order valence-electron chi connectivity index (χ4n) is 1.95. The monoisotopic (exact) mass is 285 g/mol. The van der Waals surface area contributed by atoms with Crippen LogP contribution in [0.25, 0.3) is 0 Å². The Labute approximate surface area is 118 Å². The molecule has 0 aliphatic heterocycles. The molecule has 4 atom stereocenters. The van der Waals surface area contributed by atoms with Crippen LogP contribution >= 0.6 is 0 Å². The number of nitrogens with zero attached hydrogens (tertiary/aromatic N) is 1. The van der Waals surface area contributed by atoms with Gasteiger partial charge in [-0.15, -0.1) is 0 Å². The first-order chi connectivity index (χ1) is 9.45. The van der Waals surface area contributed by atoms with E-state index < -0.39 is 31.0 Å². The van der Waals surface area contributed by atoms with Gasteiger partial charge >= 0.3 is 0 Å². The van der Waals surface area contributed by atoms with Crippen molar-refractivity contribution in [2.24, 2.45) is 0 Å². The molecule has 6 heteroatoms. The SMILES string of the molecule is CN(Cc1ccccc1)CC(O)C(O)C(O)C(O)CO. The van der Waals surface area contributed by atoms with Gasteiger partial charge in [0.05, 0.1) is 12.7 Å². The van der Waals surface area contributed by atoms with Gasteiger partial charge in [-0.2, -0.15) is 0 Å². The Morgan fingerprint density at radius 3 is 2.05 bits per heavy atom. The molecule has 0 radical (unpaired) electrons.